The van der Waals surface area contributed by atoms with E-state index >= 15 is 0 Å². The van der Waals surface area contributed by atoms with Gasteiger partial charge in [0, 0.05) is 18.7 Å². The number of hydrogen-bond donors (Lipinski definition) is 2. The average molecular weight is 301 g/mol. The molecule has 20 heavy (non-hydrogen) atoms. The first-order valence-electron chi connectivity index (χ1n) is 6.33. The summed E-state index contributed by atoms with van der Waals surface area (Å²) in [5.74, 6) is 0.467. The largest absolute Gasteiger partial charge is 0.496 e. The second kappa shape index (κ2) is 6.09. The summed E-state index contributed by atoms with van der Waals surface area (Å²) in [5.41, 5.74) is 0.443. The van der Waals surface area contributed by atoms with E-state index < -0.39 is 10.0 Å². The van der Waals surface area contributed by atoms with E-state index in [4.69, 9.17) is 9.47 Å². The Morgan fingerprint density at radius 1 is 1.35 bits per heavy atom. The summed E-state index contributed by atoms with van der Waals surface area (Å²) in [6, 6.07) is 4.34. The van der Waals surface area contributed by atoms with Gasteiger partial charge in [0.1, 0.15) is 5.75 Å². The zero-order valence-corrected chi connectivity index (χ0v) is 12.3. The Kier molecular flexibility index (Phi) is 4.64. The van der Waals surface area contributed by atoms with Crippen LogP contribution in [0.4, 0.5) is 0 Å². The number of sulfonamides is 1. The number of methoxy groups -OCH3 is 2. The van der Waals surface area contributed by atoms with Gasteiger partial charge in [-0.15, -0.1) is 0 Å². The van der Waals surface area contributed by atoms with Gasteiger partial charge < -0.3 is 14.6 Å². The maximum atomic E-state index is 12.2. The van der Waals surface area contributed by atoms with Gasteiger partial charge in [0.2, 0.25) is 10.0 Å². The molecule has 0 radical (unpaired) electrons. The van der Waals surface area contributed by atoms with E-state index in [1.54, 1.807) is 13.2 Å². The minimum absolute atomic E-state index is 0.0929. The van der Waals surface area contributed by atoms with Crippen molar-refractivity contribution in [3.63, 3.8) is 0 Å². The molecule has 1 aliphatic rings. The molecule has 2 rings (SSSR count). The lowest BCUT2D eigenvalue weighted by atomic mass is 9.90. The van der Waals surface area contributed by atoms with Gasteiger partial charge in [-0.2, -0.15) is 0 Å². The lowest BCUT2D eigenvalue weighted by Crippen LogP contribution is -2.47. The molecule has 0 aliphatic heterocycles. The first-order chi connectivity index (χ1) is 9.50. The number of aliphatic hydroxyl groups is 1. The first-order valence-corrected chi connectivity index (χ1v) is 7.81. The molecule has 2 N–H and O–H groups in total. The van der Waals surface area contributed by atoms with Gasteiger partial charge in [-0.3, -0.25) is 0 Å². The highest BCUT2D eigenvalue weighted by Crippen LogP contribution is 2.26. The normalized spacial score (nSPS) is 22.4. The summed E-state index contributed by atoms with van der Waals surface area (Å²) < 4.78 is 37.3. The van der Waals surface area contributed by atoms with Gasteiger partial charge in [-0.05, 0) is 31.0 Å². The fourth-order valence-corrected chi connectivity index (χ4v) is 3.50. The molecule has 0 spiro atoms. The molecule has 0 unspecified atom stereocenters. The molecular weight excluding hydrogens is 282 g/mol. The number of ether oxygens (including phenoxy) is 2. The number of aliphatic hydroxyl groups excluding tert-OH is 1. The smallest absolute Gasteiger partial charge is 0.240 e. The third kappa shape index (κ3) is 3.12. The van der Waals surface area contributed by atoms with E-state index in [0.29, 0.717) is 24.2 Å². The van der Waals surface area contributed by atoms with Crippen molar-refractivity contribution >= 4 is 10.0 Å². The predicted octanol–water partition coefficient (Wildman–Crippen LogP) is 0.643. The van der Waals surface area contributed by atoms with Crippen molar-refractivity contribution in [2.45, 2.75) is 36.5 Å². The van der Waals surface area contributed by atoms with E-state index in [9.17, 15) is 13.5 Å². The second-order valence-corrected chi connectivity index (χ2v) is 6.49. The average Bonchev–Trinajstić information content (AvgIpc) is 2.41. The predicted molar refractivity (Wildman–Crippen MR) is 73.1 cm³/mol. The molecule has 0 bridgehead atoms. The number of benzene rings is 1. The molecule has 1 fully saturated rings. The van der Waals surface area contributed by atoms with Gasteiger partial charge >= 0.3 is 0 Å². The van der Waals surface area contributed by atoms with Gasteiger partial charge in [-0.25, -0.2) is 13.1 Å². The zero-order valence-electron chi connectivity index (χ0n) is 11.5. The third-order valence-corrected chi connectivity index (χ3v) is 5.00. The molecular formula is C13H19NO5S. The van der Waals surface area contributed by atoms with Crippen molar-refractivity contribution in [1.29, 1.82) is 0 Å². The van der Waals surface area contributed by atoms with E-state index in [1.807, 2.05) is 0 Å². The fourth-order valence-electron chi connectivity index (χ4n) is 2.19. The van der Waals surface area contributed by atoms with Gasteiger partial charge in [0.25, 0.3) is 0 Å². The topological polar surface area (TPSA) is 84.9 Å². The summed E-state index contributed by atoms with van der Waals surface area (Å²) in [5, 5.41) is 9.23. The van der Waals surface area contributed by atoms with E-state index in [-0.39, 0.29) is 23.6 Å². The summed E-state index contributed by atoms with van der Waals surface area (Å²) in [6.45, 7) is -0.276. The highest BCUT2D eigenvalue weighted by atomic mass is 32.2. The van der Waals surface area contributed by atoms with Crippen LogP contribution in [0.15, 0.2) is 23.1 Å². The summed E-state index contributed by atoms with van der Waals surface area (Å²) in [6.07, 6.45) is 1.49. The van der Waals surface area contributed by atoms with Crippen LogP contribution < -0.4 is 9.46 Å². The molecule has 0 heterocycles. The molecule has 112 valence electrons. The van der Waals surface area contributed by atoms with Crippen LogP contribution in [0.5, 0.6) is 5.75 Å². The van der Waals surface area contributed by atoms with Gasteiger partial charge in [0.15, 0.2) is 0 Å². The maximum Gasteiger partial charge on any atom is 0.240 e. The highest BCUT2D eigenvalue weighted by molar-refractivity contribution is 7.89. The lowest BCUT2D eigenvalue weighted by Gasteiger charge is -2.34. The number of nitrogens with one attached hydrogen (secondary N) is 1. The van der Waals surface area contributed by atoms with Crippen molar-refractivity contribution in [3.05, 3.63) is 23.8 Å². The van der Waals surface area contributed by atoms with Crippen molar-refractivity contribution in [1.82, 2.24) is 4.72 Å². The van der Waals surface area contributed by atoms with Crippen LogP contribution >= 0.6 is 0 Å². The van der Waals surface area contributed by atoms with Crippen LogP contribution in [0.25, 0.3) is 0 Å². The molecule has 0 saturated heterocycles. The SMILES string of the molecule is COc1ccc(S(=O)(=O)NC2CC(OC)C2)cc1CO. The first kappa shape index (κ1) is 15.2. The molecule has 1 aromatic carbocycles. The summed E-state index contributed by atoms with van der Waals surface area (Å²) in [7, 11) is -0.492. The van der Waals surface area contributed by atoms with Crippen LogP contribution in [0.2, 0.25) is 0 Å². The molecule has 1 aromatic rings. The lowest BCUT2D eigenvalue weighted by molar-refractivity contribution is 0.0236. The van der Waals surface area contributed by atoms with E-state index in [2.05, 4.69) is 4.72 Å². The Bertz CT molecular complexity index is 566. The van der Waals surface area contributed by atoms with Gasteiger partial charge in [-0.1, -0.05) is 0 Å². The fraction of sp³-hybridized carbons (Fsp3) is 0.538. The Morgan fingerprint density at radius 3 is 2.60 bits per heavy atom. The second-order valence-electron chi connectivity index (χ2n) is 4.78. The maximum absolute atomic E-state index is 12.2. The van der Waals surface area contributed by atoms with Crippen LogP contribution in [0, 0.1) is 0 Å². The van der Waals surface area contributed by atoms with E-state index in [0.717, 1.165) is 0 Å². The Labute approximate surface area is 118 Å². The molecule has 6 nitrogen and oxygen atoms in total. The minimum Gasteiger partial charge on any atom is -0.496 e. The molecule has 1 saturated carbocycles. The Morgan fingerprint density at radius 2 is 2.05 bits per heavy atom. The minimum atomic E-state index is -3.58. The molecule has 7 heteroatoms. The third-order valence-electron chi connectivity index (χ3n) is 3.48. The number of hydrogen-bond acceptors (Lipinski definition) is 5. The van der Waals surface area contributed by atoms with Crippen molar-refractivity contribution in [3.8, 4) is 5.75 Å². The molecule has 1 aliphatic carbocycles. The Balaban J connectivity index is 2.13. The molecule has 0 atom stereocenters. The monoisotopic (exact) mass is 301 g/mol. The van der Waals surface area contributed by atoms with Crippen LogP contribution in [0.1, 0.15) is 18.4 Å². The molecule has 0 amide bonds. The summed E-state index contributed by atoms with van der Waals surface area (Å²) >= 11 is 0. The van der Waals surface area contributed by atoms with Gasteiger partial charge in [0.05, 0.1) is 24.7 Å². The van der Waals surface area contributed by atoms with Crippen LogP contribution in [-0.2, 0) is 21.4 Å². The standard InChI is InChI=1S/C13H19NO5S/c1-18-11-6-10(7-11)14-20(16,17)12-3-4-13(19-2)9(5-12)8-15/h3-5,10-11,14-15H,6-8H2,1-2H3. The Hall–Kier alpha value is -1.15. The molecule has 0 aromatic heterocycles. The van der Waals surface area contributed by atoms with Crippen molar-refractivity contribution in [2.75, 3.05) is 14.2 Å². The van der Waals surface area contributed by atoms with Crippen LogP contribution in [0.3, 0.4) is 0 Å². The van der Waals surface area contributed by atoms with Crippen LogP contribution in [-0.4, -0.2) is 39.9 Å². The van der Waals surface area contributed by atoms with E-state index in [1.165, 1.54) is 19.2 Å². The number of rotatable bonds is 6. The zero-order chi connectivity index (χ0) is 14.8. The van der Waals surface area contributed by atoms with Crippen molar-refractivity contribution in [2.24, 2.45) is 0 Å². The summed E-state index contributed by atoms with van der Waals surface area (Å²) in [4.78, 5) is 0.128. The van der Waals surface area contributed by atoms with Crippen molar-refractivity contribution < 1.29 is 23.0 Å². The highest BCUT2D eigenvalue weighted by Gasteiger charge is 2.32. The quantitative estimate of drug-likeness (QED) is 0.805.